The van der Waals surface area contributed by atoms with Gasteiger partial charge in [0.05, 0.1) is 18.6 Å². The molecule has 0 atom stereocenters. The number of nitrogens with one attached hydrogen (secondary N) is 1. The summed E-state index contributed by atoms with van der Waals surface area (Å²) < 4.78 is 5.26. The summed E-state index contributed by atoms with van der Waals surface area (Å²) in [6, 6.07) is 11.8. The summed E-state index contributed by atoms with van der Waals surface area (Å²) in [6.07, 6.45) is 0. The molecule has 1 N–H and O–H groups in total. The minimum atomic E-state index is -0.0531. The second-order valence-corrected chi connectivity index (χ2v) is 6.72. The largest absolute Gasteiger partial charge is 0.495 e. The van der Waals surface area contributed by atoms with Crippen LogP contribution < -0.4 is 10.1 Å². The number of aryl methyl sites for hydroxylation is 2. The van der Waals surface area contributed by atoms with E-state index in [2.05, 4.69) is 30.4 Å². The van der Waals surface area contributed by atoms with Gasteiger partial charge in [0.15, 0.2) is 0 Å². The molecule has 0 bridgehead atoms. The zero-order chi connectivity index (χ0) is 16.8. The number of carbonyl (C=O) groups is 1. The van der Waals surface area contributed by atoms with Crippen molar-refractivity contribution in [3.63, 3.8) is 0 Å². The lowest BCUT2D eigenvalue weighted by molar-refractivity contribution is -0.113. The third-order valence-corrected chi connectivity index (χ3v) is 4.75. The van der Waals surface area contributed by atoms with Gasteiger partial charge < -0.3 is 10.1 Å². The lowest BCUT2D eigenvalue weighted by Crippen LogP contribution is -2.15. The first kappa shape index (κ1) is 17.7. The van der Waals surface area contributed by atoms with E-state index in [0.29, 0.717) is 22.2 Å². The van der Waals surface area contributed by atoms with Gasteiger partial charge in [-0.2, -0.15) is 0 Å². The van der Waals surface area contributed by atoms with Gasteiger partial charge in [-0.3, -0.25) is 4.79 Å². The molecule has 0 aliphatic carbocycles. The number of benzene rings is 2. The first-order chi connectivity index (χ1) is 11.0. The van der Waals surface area contributed by atoms with Crippen LogP contribution in [-0.4, -0.2) is 18.8 Å². The molecule has 122 valence electrons. The molecule has 0 spiro atoms. The molecular weight excluding hydrogens is 330 g/mol. The molecule has 0 heterocycles. The molecule has 0 aliphatic heterocycles. The van der Waals surface area contributed by atoms with Gasteiger partial charge in [-0.05, 0) is 31.0 Å². The maximum Gasteiger partial charge on any atom is 0.234 e. The molecule has 3 nitrogen and oxygen atoms in total. The summed E-state index contributed by atoms with van der Waals surface area (Å²) in [5.74, 6) is 1.71. The van der Waals surface area contributed by atoms with E-state index >= 15 is 0 Å². The van der Waals surface area contributed by atoms with Gasteiger partial charge in [0.1, 0.15) is 5.75 Å². The van der Waals surface area contributed by atoms with E-state index in [0.717, 1.165) is 11.3 Å². The first-order valence-electron chi connectivity index (χ1n) is 7.27. The number of hydrogen-bond acceptors (Lipinski definition) is 3. The molecule has 2 rings (SSSR count). The molecule has 0 radical (unpaired) electrons. The third-order valence-electron chi connectivity index (χ3n) is 3.34. The number of thioether (sulfide) groups is 1. The van der Waals surface area contributed by atoms with Crippen LogP contribution in [0.25, 0.3) is 0 Å². The highest BCUT2D eigenvalue weighted by Gasteiger charge is 2.10. The molecule has 1 amide bonds. The minimum Gasteiger partial charge on any atom is -0.495 e. The van der Waals surface area contributed by atoms with Crippen LogP contribution in [0.2, 0.25) is 5.02 Å². The molecule has 0 aliphatic rings. The predicted octanol–water partition coefficient (Wildman–Crippen LogP) is 4.84. The highest BCUT2D eigenvalue weighted by Crippen LogP contribution is 2.31. The van der Waals surface area contributed by atoms with E-state index in [4.69, 9.17) is 16.3 Å². The molecule has 0 unspecified atom stereocenters. The van der Waals surface area contributed by atoms with Crippen molar-refractivity contribution in [2.24, 2.45) is 0 Å². The van der Waals surface area contributed by atoms with E-state index in [1.807, 2.05) is 19.1 Å². The number of halogens is 1. The Morgan fingerprint density at radius 2 is 2.04 bits per heavy atom. The number of amides is 1. The van der Waals surface area contributed by atoms with E-state index < -0.39 is 0 Å². The van der Waals surface area contributed by atoms with Gasteiger partial charge in [-0.1, -0.05) is 41.4 Å². The Morgan fingerprint density at radius 3 is 2.74 bits per heavy atom. The highest BCUT2D eigenvalue weighted by molar-refractivity contribution is 7.99. The Hall–Kier alpha value is -1.65. The number of carbonyl (C=O) groups excluding carboxylic acids is 1. The van der Waals surface area contributed by atoms with Crippen molar-refractivity contribution < 1.29 is 9.53 Å². The van der Waals surface area contributed by atoms with E-state index in [1.165, 1.54) is 11.1 Å². The highest BCUT2D eigenvalue weighted by atomic mass is 35.5. The van der Waals surface area contributed by atoms with Crippen molar-refractivity contribution in [2.45, 2.75) is 19.6 Å². The molecule has 2 aromatic rings. The summed E-state index contributed by atoms with van der Waals surface area (Å²) in [7, 11) is 1.56. The summed E-state index contributed by atoms with van der Waals surface area (Å²) in [4.78, 5) is 12.1. The smallest absolute Gasteiger partial charge is 0.234 e. The maximum absolute atomic E-state index is 12.1. The fourth-order valence-corrected chi connectivity index (χ4v) is 3.11. The van der Waals surface area contributed by atoms with E-state index in [1.54, 1.807) is 24.9 Å². The van der Waals surface area contributed by atoms with Crippen molar-refractivity contribution in [2.75, 3.05) is 18.2 Å². The van der Waals surface area contributed by atoms with Gasteiger partial charge in [0, 0.05) is 16.8 Å². The predicted molar refractivity (Wildman–Crippen MR) is 98.7 cm³/mol. The Kier molecular flexibility index (Phi) is 6.37. The van der Waals surface area contributed by atoms with Crippen molar-refractivity contribution in [1.82, 2.24) is 0 Å². The number of ether oxygens (including phenoxy) is 1. The SMILES string of the molecule is COc1cc(Cl)c(C)cc1NC(=O)CSCc1cccc(C)c1. The molecule has 23 heavy (non-hydrogen) atoms. The van der Waals surface area contributed by atoms with Crippen LogP contribution in [0, 0.1) is 13.8 Å². The average Bonchev–Trinajstić information content (AvgIpc) is 2.50. The van der Waals surface area contributed by atoms with Crippen molar-refractivity contribution >= 4 is 35.0 Å². The van der Waals surface area contributed by atoms with E-state index in [-0.39, 0.29) is 5.91 Å². The van der Waals surface area contributed by atoms with Crippen LogP contribution in [0.3, 0.4) is 0 Å². The van der Waals surface area contributed by atoms with Gasteiger partial charge in [0.25, 0.3) is 0 Å². The van der Waals surface area contributed by atoms with Crippen LogP contribution in [0.15, 0.2) is 36.4 Å². The normalized spacial score (nSPS) is 10.4. The number of anilines is 1. The number of hydrogen-bond donors (Lipinski definition) is 1. The van der Waals surface area contributed by atoms with Crippen molar-refractivity contribution in [1.29, 1.82) is 0 Å². The van der Waals surface area contributed by atoms with Crippen molar-refractivity contribution in [3.8, 4) is 5.75 Å². The Bertz CT molecular complexity index is 703. The van der Waals surface area contributed by atoms with Gasteiger partial charge >= 0.3 is 0 Å². The van der Waals surface area contributed by atoms with Gasteiger partial charge in [-0.15, -0.1) is 11.8 Å². The standard InChI is InChI=1S/C18H20ClNO2S/c1-12-5-4-6-14(7-12)10-23-11-18(21)20-16-8-13(2)15(19)9-17(16)22-3/h4-9H,10-11H2,1-3H3,(H,20,21). The average molecular weight is 350 g/mol. The number of rotatable bonds is 6. The monoisotopic (exact) mass is 349 g/mol. The second kappa shape index (κ2) is 8.27. The minimum absolute atomic E-state index is 0.0531. The molecule has 2 aromatic carbocycles. The quantitative estimate of drug-likeness (QED) is 0.811. The maximum atomic E-state index is 12.1. The van der Waals surface area contributed by atoms with Gasteiger partial charge in [0.2, 0.25) is 5.91 Å². The zero-order valence-corrected chi connectivity index (χ0v) is 15.1. The molecule has 5 heteroatoms. The lowest BCUT2D eigenvalue weighted by atomic mass is 10.2. The topological polar surface area (TPSA) is 38.3 Å². The van der Waals surface area contributed by atoms with E-state index in [9.17, 15) is 4.79 Å². The Labute approximate surface area is 146 Å². The van der Waals surface area contributed by atoms with Crippen molar-refractivity contribution in [3.05, 3.63) is 58.1 Å². The van der Waals surface area contributed by atoms with Gasteiger partial charge in [-0.25, -0.2) is 0 Å². The summed E-state index contributed by atoms with van der Waals surface area (Å²) in [6.45, 7) is 3.96. The summed E-state index contributed by atoms with van der Waals surface area (Å²) >= 11 is 7.65. The lowest BCUT2D eigenvalue weighted by Gasteiger charge is -2.12. The molecule has 0 saturated heterocycles. The number of methoxy groups -OCH3 is 1. The Morgan fingerprint density at radius 1 is 1.26 bits per heavy atom. The van der Waals surface area contributed by atoms with Crippen LogP contribution in [0.1, 0.15) is 16.7 Å². The first-order valence-corrected chi connectivity index (χ1v) is 8.80. The zero-order valence-electron chi connectivity index (χ0n) is 13.5. The fraction of sp³-hybridized carbons (Fsp3) is 0.278. The van der Waals surface area contributed by atoms with Crippen LogP contribution in [0.4, 0.5) is 5.69 Å². The van der Waals surface area contributed by atoms with Crippen LogP contribution in [0.5, 0.6) is 5.75 Å². The molecule has 0 fully saturated rings. The summed E-state index contributed by atoms with van der Waals surface area (Å²) in [5.41, 5.74) is 4.00. The summed E-state index contributed by atoms with van der Waals surface area (Å²) in [5, 5.41) is 3.50. The molecular formula is C18H20ClNO2S. The van der Waals surface area contributed by atoms with Crippen LogP contribution in [-0.2, 0) is 10.5 Å². The fourth-order valence-electron chi connectivity index (χ4n) is 2.18. The molecule has 0 saturated carbocycles. The molecule has 0 aromatic heterocycles. The van der Waals surface area contributed by atoms with Crippen LogP contribution >= 0.6 is 23.4 Å². The third kappa shape index (κ3) is 5.19. The Balaban J connectivity index is 1.91. The second-order valence-electron chi connectivity index (χ2n) is 5.33.